The number of amides is 1. The van der Waals surface area contributed by atoms with Gasteiger partial charge in [-0.05, 0) is 12.5 Å². The number of cyclic esters (lactones) is 2. The SMILES string of the molecule is CC1(Cc2ccccc2)NC(=O)OC1=O. The van der Waals surface area contributed by atoms with Crippen LogP contribution in [0, 0.1) is 0 Å². The van der Waals surface area contributed by atoms with Crippen LogP contribution in [0.2, 0.25) is 0 Å². The molecule has 1 heterocycles. The normalized spacial score (nSPS) is 24.9. The predicted octanol–water partition coefficient (Wildman–Crippen LogP) is 1.25. The number of ether oxygens (including phenoxy) is 1. The Kier molecular flexibility index (Phi) is 2.19. The van der Waals surface area contributed by atoms with Crippen LogP contribution >= 0.6 is 0 Å². The molecule has 1 aromatic carbocycles. The van der Waals surface area contributed by atoms with Crippen LogP contribution < -0.4 is 5.32 Å². The number of esters is 1. The zero-order valence-corrected chi connectivity index (χ0v) is 8.32. The number of hydrogen-bond acceptors (Lipinski definition) is 3. The Morgan fingerprint density at radius 3 is 2.47 bits per heavy atom. The van der Waals surface area contributed by atoms with Gasteiger partial charge in [0.05, 0.1) is 0 Å². The van der Waals surface area contributed by atoms with Gasteiger partial charge in [-0.3, -0.25) is 0 Å². The summed E-state index contributed by atoms with van der Waals surface area (Å²) in [5.74, 6) is -0.517. The zero-order valence-electron chi connectivity index (χ0n) is 8.32. The van der Waals surface area contributed by atoms with Crippen LogP contribution in [0.15, 0.2) is 30.3 Å². The summed E-state index contributed by atoms with van der Waals surface area (Å²) in [5, 5.41) is 2.52. The molecule has 1 fully saturated rings. The van der Waals surface area contributed by atoms with Crippen molar-refractivity contribution in [1.82, 2.24) is 5.32 Å². The van der Waals surface area contributed by atoms with E-state index in [1.165, 1.54) is 0 Å². The molecule has 1 amide bonds. The Morgan fingerprint density at radius 2 is 1.93 bits per heavy atom. The lowest BCUT2D eigenvalue weighted by Gasteiger charge is -2.18. The van der Waals surface area contributed by atoms with Crippen LogP contribution in [-0.2, 0) is 16.0 Å². The first-order valence-electron chi connectivity index (χ1n) is 4.68. The van der Waals surface area contributed by atoms with Crippen molar-refractivity contribution >= 4 is 12.1 Å². The van der Waals surface area contributed by atoms with E-state index < -0.39 is 17.6 Å². The maximum Gasteiger partial charge on any atom is 0.415 e. The van der Waals surface area contributed by atoms with Crippen molar-refractivity contribution in [2.24, 2.45) is 0 Å². The third kappa shape index (κ3) is 1.83. The fraction of sp³-hybridized carbons (Fsp3) is 0.273. The minimum atomic E-state index is -0.932. The highest BCUT2D eigenvalue weighted by atomic mass is 16.6. The monoisotopic (exact) mass is 205 g/mol. The highest BCUT2D eigenvalue weighted by molar-refractivity contribution is 5.98. The zero-order chi connectivity index (χ0) is 10.9. The van der Waals surface area contributed by atoms with Crippen LogP contribution in [0.25, 0.3) is 0 Å². The molecule has 1 aromatic rings. The van der Waals surface area contributed by atoms with Gasteiger partial charge in [-0.15, -0.1) is 0 Å². The lowest BCUT2D eigenvalue weighted by molar-refractivity contribution is -0.138. The Morgan fingerprint density at radius 1 is 1.27 bits per heavy atom. The summed E-state index contributed by atoms with van der Waals surface area (Å²) in [6, 6.07) is 9.49. The van der Waals surface area contributed by atoms with Gasteiger partial charge in [0.1, 0.15) is 5.54 Å². The maximum absolute atomic E-state index is 11.4. The van der Waals surface area contributed by atoms with Crippen LogP contribution in [0.4, 0.5) is 4.79 Å². The average molecular weight is 205 g/mol. The second kappa shape index (κ2) is 3.38. The van der Waals surface area contributed by atoms with E-state index >= 15 is 0 Å². The van der Waals surface area contributed by atoms with Gasteiger partial charge in [-0.25, -0.2) is 9.59 Å². The fourth-order valence-electron chi connectivity index (χ4n) is 1.62. The molecule has 0 saturated carbocycles. The van der Waals surface area contributed by atoms with Crippen molar-refractivity contribution in [3.8, 4) is 0 Å². The van der Waals surface area contributed by atoms with E-state index in [1.54, 1.807) is 6.92 Å². The molecule has 2 rings (SSSR count). The molecule has 0 spiro atoms. The lowest BCUT2D eigenvalue weighted by Crippen LogP contribution is -2.45. The summed E-state index contributed by atoms with van der Waals surface area (Å²) in [6.45, 7) is 1.66. The second-order valence-electron chi connectivity index (χ2n) is 3.80. The molecular formula is C11H11NO3. The molecule has 1 saturated heterocycles. The van der Waals surface area contributed by atoms with E-state index in [9.17, 15) is 9.59 Å². The molecule has 15 heavy (non-hydrogen) atoms. The number of alkyl carbamates (subject to hydrolysis) is 1. The molecule has 0 aliphatic carbocycles. The summed E-state index contributed by atoms with van der Waals surface area (Å²) in [7, 11) is 0. The molecule has 1 aliphatic heterocycles. The second-order valence-corrected chi connectivity index (χ2v) is 3.80. The predicted molar refractivity (Wildman–Crippen MR) is 53.2 cm³/mol. The first-order valence-corrected chi connectivity index (χ1v) is 4.68. The fourth-order valence-corrected chi connectivity index (χ4v) is 1.62. The number of carbonyl (C=O) groups is 2. The Labute approximate surface area is 87.2 Å². The van der Waals surface area contributed by atoms with Gasteiger partial charge in [-0.2, -0.15) is 0 Å². The molecule has 78 valence electrons. The Hall–Kier alpha value is -1.84. The molecular weight excluding hydrogens is 194 g/mol. The largest absolute Gasteiger partial charge is 0.415 e. The molecule has 4 heteroatoms. The Balaban J connectivity index is 2.18. The lowest BCUT2D eigenvalue weighted by atomic mass is 9.94. The highest BCUT2D eigenvalue weighted by Crippen LogP contribution is 2.19. The average Bonchev–Trinajstić information content (AvgIpc) is 2.41. The molecule has 0 radical (unpaired) electrons. The minimum absolute atomic E-state index is 0.443. The van der Waals surface area contributed by atoms with Crippen molar-refractivity contribution in [2.75, 3.05) is 0 Å². The summed E-state index contributed by atoms with van der Waals surface area (Å²) >= 11 is 0. The van der Waals surface area contributed by atoms with Crippen molar-refractivity contribution in [3.05, 3.63) is 35.9 Å². The number of benzene rings is 1. The first kappa shape index (κ1) is 9.71. The maximum atomic E-state index is 11.4. The Bertz CT molecular complexity index is 402. The molecule has 0 aromatic heterocycles. The smallest absolute Gasteiger partial charge is 0.374 e. The van der Waals surface area contributed by atoms with E-state index in [4.69, 9.17) is 0 Å². The number of hydrogen-bond donors (Lipinski definition) is 1. The molecule has 1 N–H and O–H groups in total. The van der Waals surface area contributed by atoms with Gasteiger partial charge in [0.25, 0.3) is 0 Å². The van der Waals surface area contributed by atoms with Crippen LogP contribution in [-0.4, -0.2) is 17.6 Å². The van der Waals surface area contributed by atoms with E-state index in [2.05, 4.69) is 10.1 Å². The first-order chi connectivity index (χ1) is 7.10. The summed E-state index contributed by atoms with van der Waals surface area (Å²) in [5.41, 5.74) is 0.0532. The summed E-state index contributed by atoms with van der Waals surface area (Å²) < 4.78 is 4.46. The van der Waals surface area contributed by atoms with Gasteiger partial charge in [0.15, 0.2) is 0 Å². The number of nitrogens with one attached hydrogen (secondary N) is 1. The molecule has 1 unspecified atom stereocenters. The standard InChI is InChI=1S/C11H11NO3/c1-11(9(13)15-10(14)12-11)7-8-5-3-2-4-6-8/h2-6H,7H2,1H3,(H,12,14). The highest BCUT2D eigenvalue weighted by Gasteiger charge is 2.44. The molecule has 4 nitrogen and oxygen atoms in total. The topological polar surface area (TPSA) is 55.4 Å². The quantitative estimate of drug-likeness (QED) is 0.584. The summed E-state index contributed by atoms with van der Waals surface area (Å²) in [6.07, 6.45) is -0.225. The van der Waals surface area contributed by atoms with Gasteiger partial charge >= 0.3 is 12.1 Å². The van der Waals surface area contributed by atoms with Crippen LogP contribution in [0.1, 0.15) is 12.5 Å². The third-order valence-corrected chi connectivity index (χ3v) is 2.41. The van der Waals surface area contributed by atoms with E-state index in [-0.39, 0.29) is 0 Å². The van der Waals surface area contributed by atoms with E-state index in [0.717, 1.165) is 5.56 Å². The summed E-state index contributed by atoms with van der Waals surface area (Å²) in [4.78, 5) is 22.3. The van der Waals surface area contributed by atoms with E-state index in [1.807, 2.05) is 30.3 Å². The minimum Gasteiger partial charge on any atom is -0.374 e. The third-order valence-electron chi connectivity index (χ3n) is 2.41. The van der Waals surface area contributed by atoms with Crippen LogP contribution in [0.5, 0.6) is 0 Å². The van der Waals surface area contributed by atoms with Crippen molar-refractivity contribution in [2.45, 2.75) is 18.9 Å². The molecule has 1 aliphatic rings. The van der Waals surface area contributed by atoms with E-state index in [0.29, 0.717) is 6.42 Å². The van der Waals surface area contributed by atoms with Crippen molar-refractivity contribution < 1.29 is 14.3 Å². The number of carbonyl (C=O) groups excluding carboxylic acids is 2. The van der Waals surface area contributed by atoms with Crippen molar-refractivity contribution in [3.63, 3.8) is 0 Å². The molecule has 1 atom stereocenters. The van der Waals surface area contributed by atoms with Crippen molar-refractivity contribution in [1.29, 1.82) is 0 Å². The number of rotatable bonds is 2. The van der Waals surface area contributed by atoms with Crippen LogP contribution in [0.3, 0.4) is 0 Å². The van der Waals surface area contributed by atoms with Gasteiger partial charge in [0, 0.05) is 6.42 Å². The van der Waals surface area contributed by atoms with Gasteiger partial charge < -0.3 is 10.1 Å². The van der Waals surface area contributed by atoms with Gasteiger partial charge in [0.2, 0.25) is 0 Å². The van der Waals surface area contributed by atoms with Gasteiger partial charge in [-0.1, -0.05) is 30.3 Å². The molecule has 0 bridgehead atoms.